The van der Waals surface area contributed by atoms with Crippen LogP contribution in [-0.4, -0.2) is 54.1 Å². The molecule has 0 aliphatic carbocycles. The Labute approximate surface area is 144 Å². The molecule has 0 saturated heterocycles. The summed E-state index contributed by atoms with van der Waals surface area (Å²) in [5.41, 5.74) is 2.28. The molecule has 1 aromatic heterocycles. The number of methoxy groups -OCH3 is 1. The average Bonchev–Trinajstić information content (AvgIpc) is 2.97. The van der Waals surface area contributed by atoms with Crippen molar-refractivity contribution in [1.82, 2.24) is 9.47 Å². The van der Waals surface area contributed by atoms with Crippen molar-refractivity contribution in [3.63, 3.8) is 0 Å². The lowest BCUT2D eigenvalue weighted by molar-refractivity contribution is 0.0533. The maximum atomic E-state index is 10.4. The van der Waals surface area contributed by atoms with Gasteiger partial charge in [0.15, 0.2) is 0 Å². The number of aromatic nitrogens is 1. The normalized spacial score (nSPS) is 12.5. The van der Waals surface area contributed by atoms with Crippen molar-refractivity contribution in [1.29, 1.82) is 0 Å². The Hall–Kier alpha value is -1.82. The monoisotopic (exact) mass is 332 g/mol. The molecule has 1 heterocycles. The van der Waals surface area contributed by atoms with Gasteiger partial charge in [0, 0.05) is 45.7 Å². The molecule has 0 amide bonds. The second kappa shape index (κ2) is 9.47. The molecule has 0 bridgehead atoms. The quantitative estimate of drug-likeness (QED) is 0.725. The standard InChI is InChI=1S/C19H28N2O3/c1-16-7-4-5-9-19(16)24-15-18(22)14-21(11-12-23-3)13-17-8-6-10-20(17)2/h4-10,18,22H,11-15H2,1-3H3/t18-/m0/s1. The van der Waals surface area contributed by atoms with Crippen LogP contribution in [0.1, 0.15) is 11.3 Å². The molecule has 2 rings (SSSR count). The van der Waals surface area contributed by atoms with Crippen LogP contribution in [0.4, 0.5) is 0 Å². The van der Waals surface area contributed by atoms with Gasteiger partial charge >= 0.3 is 0 Å². The van der Waals surface area contributed by atoms with Gasteiger partial charge < -0.3 is 19.1 Å². The summed E-state index contributed by atoms with van der Waals surface area (Å²) in [7, 11) is 3.72. The zero-order valence-electron chi connectivity index (χ0n) is 14.8. The first-order valence-electron chi connectivity index (χ1n) is 8.28. The van der Waals surface area contributed by atoms with Crippen LogP contribution in [0.3, 0.4) is 0 Å². The second-order valence-electron chi connectivity index (χ2n) is 6.07. The van der Waals surface area contributed by atoms with E-state index in [1.54, 1.807) is 7.11 Å². The zero-order valence-corrected chi connectivity index (χ0v) is 14.8. The Morgan fingerprint density at radius 2 is 2.00 bits per heavy atom. The maximum Gasteiger partial charge on any atom is 0.122 e. The Bertz CT molecular complexity index is 612. The predicted molar refractivity (Wildman–Crippen MR) is 95.2 cm³/mol. The van der Waals surface area contributed by atoms with Crippen LogP contribution in [0.25, 0.3) is 0 Å². The third kappa shape index (κ3) is 5.67. The third-order valence-corrected chi connectivity index (χ3v) is 4.04. The molecule has 0 radical (unpaired) electrons. The zero-order chi connectivity index (χ0) is 17.4. The van der Waals surface area contributed by atoms with E-state index in [9.17, 15) is 5.11 Å². The third-order valence-electron chi connectivity index (χ3n) is 4.04. The van der Waals surface area contributed by atoms with Gasteiger partial charge in [-0.2, -0.15) is 0 Å². The van der Waals surface area contributed by atoms with E-state index in [2.05, 4.69) is 15.5 Å². The van der Waals surface area contributed by atoms with Crippen molar-refractivity contribution in [3.05, 3.63) is 53.9 Å². The summed E-state index contributed by atoms with van der Waals surface area (Å²) in [6, 6.07) is 12.0. The molecule has 1 aromatic carbocycles. The fourth-order valence-corrected chi connectivity index (χ4v) is 2.60. The number of hydrogen-bond acceptors (Lipinski definition) is 4. The minimum Gasteiger partial charge on any atom is -0.491 e. The molecule has 24 heavy (non-hydrogen) atoms. The average molecular weight is 332 g/mol. The molecule has 5 nitrogen and oxygen atoms in total. The molecule has 1 N–H and O–H groups in total. The van der Waals surface area contributed by atoms with Crippen molar-refractivity contribution in [2.24, 2.45) is 7.05 Å². The van der Waals surface area contributed by atoms with Gasteiger partial charge in [-0.3, -0.25) is 4.90 Å². The number of nitrogens with zero attached hydrogens (tertiary/aromatic N) is 2. The van der Waals surface area contributed by atoms with E-state index in [1.165, 1.54) is 5.69 Å². The van der Waals surface area contributed by atoms with Crippen LogP contribution in [0.2, 0.25) is 0 Å². The van der Waals surface area contributed by atoms with Crippen LogP contribution in [-0.2, 0) is 18.3 Å². The van der Waals surface area contributed by atoms with Gasteiger partial charge in [0.2, 0.25) is 0 Å². The molecule has 5 heteroatoms. The second-order valence-corrected chi connectivity index (χ2v) is 6.07. The van der Waals surface area contributed by atoms with Gasteiger partial charge in [-0.05, 0) is 30.7 Å². The topological polar surface area (TPSA) is 46.9 Å². The molecule has 0 saturated carbocycles. The van der Waals surface area contributed by atoms with Crippen molar-refractivity contribution in [2.45, 2.75) is 19.6 Å². The van der Waals surface area contributed by atoms with Gasteiger partial charge in [-0.1, -0.05) is 18.2 Å². The van der Waals surface area contributed by atoms with Crippen LogP contribution in [0, 0.1) is 6.92 Å². The number of para-hydroxylation sites is 1. The van der Waals surface area contributed by atoms with E-state index in [0.717, 1.165) is 24.4 Å². The Balaban J connectivity index is 1.88. The molecular weight excluding hydrogens is 304 g/mol. The van der Waals surface area contributed by atoms with Crippen molar-refractivity contribution in [2.75, 3.05) is 33.4 Å². The lowest BCUT2D eigenvalue weighted by Gasteiger charge is -2.25. The van der Waals surface area contributed by atoms with E-state index in [1.807, 2.05) is 50.5 Å². The van der Waals surface area contributed by atoms with Crippen molar-refractivity contribution >= 4 is 0 Å². The highest BCUT2D eigenvalue weighted by molar-refractivity contribution is 5.31. The summed E-state index contributed by atoms with van der Waals surface area (Å²) in [4.78, 5) is 2.19. The first kappa shape index (κ1) is 18.5. The van der Waals surface area contributed by atoms with Gasteiger partial charge in [0.25, 0.3) is 0 Å². The van der Waals surface area contributed by atoms with Crippen molar-refractivity contribution in [3.8, 4) is 5.75 Å². The van der Waals surface area contributed by atoms with Gasteiger partial charge in [0.05, 0.1) is 6.61 Å². The summed E-state index contributed by atoms with van der Waals surface area (Å²) in [6.07, 6.45) is 1.48. The van der Waals surface area contributed by atoms with Crippen LogP contribution in [0.15, 0.2) is 42.6 Å². The Morgan fingerprint density at radius 3 is 2.67 bits per heavy atom. The van der Waals surface area contributed by atoms with Crippen LogP contribution < -0.4 is 4.74 Å². The lowest BCUT2D eigenvalue weighted by atomic mass is 10.2. The predicted octanol–water partition coefficient (Wildman–Crippen LogP) is 2.22. The van der Waals surface area contributed by atoms with Gasteiger partial charge in [0.1, 0.15) is 18.5 Å². The lowest BCUT2D eigenvalue weighted by Crippen LogP contribution is -2.37. The summed E-state index contributed by atoms with van der Waals surface area (Å²) in [5, 5.41) is 10.4. The summed E-state index contributed by atoms with van der Waals surface area (Å²) in [5.74, 6) is 0.822. The molecular formula is C19H28N2O3. The number of hydrogen-bond donors (Lipinski definition) is 1. The highest BCUT2D eigenvalue weighted by atomic mass is 16.5. The Kier molecular flexibility index (Phi) is 7.31. The molecule has 0 aliphatic heterocycles. The van der Waals surface area contributed by atoms with Gasteiger partial charge in [-0.15, -0.1) is 0 Å². The number of rotatable bonds is 10. The largest absolute Gasteiger partial charge is 0.491 e. The molecule has 1 atom stereocenters. The fraction of sp³-hybridized carbons (Fsp3) is 0.474. The minimum atomic E-state index is -0.554. The Morgan fingerprint density at radius 1 is 1.21 bits per heavy atom. The van der Waals surface area contributed by atoms with Crippen molar-refractivity contribution < 1.29 is 14.6 Å². The highest BCUT2D eigenvalue weighted by Gasteiger charge is 2.14. The minimum absolute atomic E-state index is 0.279. The summed E-state index contributed by atoms with van der Waals surface area (Å²) < 4.78 is 13.0. The number of benzene rings is 1. The van der Waals surface area contributed by atoms with E-state index in [4.69, 9.17) is 9.47 Å². The molecule has 0 fully saturated rings. The highest BCUT2D eigenvalue weighted by Crippen LogP contribution is 2.16. The first-order valence-corrected chi connectivity index (χ1v) is 8.28. The van der Waals surface area contributed by atoms with Gasteiger partial charge in [-0.25, -0.2) is 0 Å². The summed E-state index contributed by atoms with van der Waals surface area (Å²) >= 11 is 0. The molecule has 0 aliphatic rings. The van der Waals surface area contributed by atoms with E-state index < -0.39 is 6.10 Å². The molecule has 0 spiro atoms. The van der Waals surface area contributed by atoms with E-state index >= 15 is 0 Å². The van der Waals surface area contributed by atoms with E-state index in [-0.39, 0.29) is 6.61 Å². The number of aliphatic hydroxyl groups is 1. The number of aliphatic hydroxyl groups excluding tert-OH is 1. The first-order chi connectivity index (χ1) is 11.6. The molecule has 2 aromatic rings. The van der Waals surface area contributed by atoms with E-state index in [0.29, 0.717) is 13.2 Å². The number of aryl methyl sites for hydroxylation is 2. The summed E-state index contributed by atoms with van der Waals surface area (Å²) in [6.45, 7) is 5.00. The fourth-order valence-electron chi connectivity index (χ4n) is 2.60. The van der Waals surface area contributed by atoms with Crippen LogP contribution in [0.5, 0.6) is 5.75 Å². The smallest absolute Gasteiger partial charge is 0.122 e. The van der Waals surface area contributed by atoms with Crippen LogP contribution >= 0.6 is 0 Å². The number of ether oxygens (including phenoxy) is 2. The molecule has 0 unspecified atom stereocenters. The SMILES string of the molecule is COCCN(Cc1cccn1C)C[C@H](O)COc1ccccc1C. The molecule has 132 valence electrons. The maximum absolute atomic E-state index is 10.4.